The largest absolute Gasteiger partial charge is 0.381 e. The number of rotatable bonds is 5. The minimum Gasteiger partial charge on any atom is -0.381 e. The van der Waals surface area contributed by atoms with Gasteiger partial charge in [0.1, 0.15) is 17.1 Å². The van der Waals surface area contributed by atoms with E-state index in [4.69, 9.17) is 4.98 Å². The second-order valence-corrected chi connectivity index (χ2v) is 8.60. The van der Waals surface area contributed by atoms with Crippen LogP contribution in [0.25, 0.3) is 11.0 Å². The van der Waals surface area contributed by atoms with Crippen molar-refractivity contribution < 1.29 is 4.39 Å². The van der Waals surface area contributed by atoms with Crippen LogP contribution in [0.2, 0.25) is 0 Å². The van der Waals surface area contributed by atoms with E-state index < -0.39 is 5.67 Å². The zero-order valence-corrected chi connectivity index (χ0v) is 17.5. The van der Waals surface area contributed by atoms with Gasteiger partial charge in [0.2, 0.25) is 0 Å². The maximum absolute atomic E-state index is 14.8. The molecule has 30 heavy (non-hydrogen) atoms. The van der Waals surface area contributed by atoms with E-state index in [1.54, 1.807) is 12.4 Å². The fourth-order valence-corrected chi connectivity index (χ4v) is 4.75. The Morgan fingerprint density at radius 2 is 1.93 bits per heavy atom. The molecule has 1 fully saturated rings. The summed E-state index contributed by atoms with van der Waals surface area (Å²) in [5.41, 5.74) is 4.40. The highest BCUT2D eigenvalue weighted by atomic mass is 19.1. The molecule has 1 aliphatic carbocycles. The van der Waals surface area contributed by atoms with Crippen LogP contribution in [0, 0.1) is 0 Å². The molecule has 1 aliphatic heterocycles. The summed E-state index contributed by atoms with van der Waals surface area (Å²) in [7, 11) is 2.11. The number of pyridine rings is 2. The molecular formula is C23H29FN6. The summed E-state index contributed by atoms with van der Waals surface area (Å²) in [5.74, 6) is 0.791. The number of nitrogens with one attached hydrogen (secondary N) is 3. The van der Waals surface area contributed by atoms with E-state index in [0.29, 0.717) is 19.4 Å². The number of hydrogen-bond donors (Lipinski definition) is 3. The van der Waals surface area contributed by atoms with Crippen LogP contribution < -0.4 is 16.0 Å². The van der Waals surface area contributed by atoms with Crippen LogP contribution in [-0.2, 0) is 19.9 Å². The van der Waals surface area contributed by atoms with Crippen LogP contribution in [0.5, 0.6) is 0 Å². The van der Waals surface area contributed by atoms with E-state index in [9.17, 15) is 4.39 Å². The predicted octanol–water partition coefficient (Wildman–Crippen LogP) is 4.09. The van der Waals surface area contributed by atoms with Gasteiger partial charge >= 0.3 is 0 Å². The van der Waals surface area contributed by atoms with Crippen molar-refractivity contribution in [1.82, 2.24) is 19.9 Å². The van der Waals surface area contributed by atoms with Gasteiger partial charge in [-0.1, -0.05) is 0 Å². The standard InChI is InChI=1S/C23H29FN6/c1-30-20-5-3-2-4-18(20)19-6-7-21(29-22(19)30)28-17-12-16(13-26-14-17)27-15-23(24)8-10-25-11-9-23/h6-7,12-14,25,27H,2-5,8-11,15H2,1H3,(H,28,29). The average Bonchev–Trinajstić information content (AvgIpc) is 3.05. The number of halogens is 1. The number of anilines is 3. The molecule has 6 nitrogen and oxygen atoms in total. The summed E-state index contributed by atoms with van der Waals surface area (Å²) in [6.45, 7) is 1.77. The lowest BCUT2D eigenvalue weighted by atomic mass is 9.94. The lowest BCUT2D eigenvalue weighted by Crippen LogP contribution is -2.43. The van der Waals surface area contributed by atoms with E-state index in [-0.39, 0.29) is 0 Å². The number of alkyl halides is 1. The highest BCUT2D eigenvalue weighted by molar-refractivity contribution is 5.84. The third-order valence-corrected chi connectivity index (χ3v) is 6.48. The van der Waals surface area contributed by atoms with Gasteiger partial charge in [0.25, 0.3) is 0 Å². The highest BCUT2D eigenvalue weighted by Gasteiger charge is 2.31. The first-order valence-electron chi connectivity index (χ1n) is 10.9. The van der Waals surface area contributed by atoms with Gasteiger partial charge in [-0.3, -0.25) is 4.98 Å². The monoisotopic (exact) mass is 408 g/mol. The van der Waals surface area contributed by atoms with Crippen LogP contribution in [0.4, 0.5) is 21.6 Å². The van der Waals surface area contributed by atoms with Crippen molar-refractivity contribution in [1.29, 1.82) is 0 Å². The first kappa shape index (κ1) is 19.3. The molecule has 0 aromatic carbocycles. The van der Waals surface area contributed by atoms with Crippen molar-refractivity contribution in [2.24, 2.45) is 7.05 Å². The first-order valence-corrected chi connectivity index (χ1v) is 10.9. The SMILES string of the molecule is Cn1c2c(c3ccc(Nc4cncc(NCC5(F)CCNCC5)c4)nc31)CCCC2. The summed E-state index contributed by atoms with van der Waals surface area (Å²) in [6, 6.07) is 6.16. The van der Waals surface area contributed by atoms with Crippen molar-refractivity contribution in [2.75, 3.05) is 30.3 Å². The summed E-state index contributed by atoms with van der Waals surface area (Å²) in [4.78, 5) is 9.18. The van der Waals surface area contributed by atoms with Crippen molar-refractivity contribution in [2.45, 2.75) is 44.2 Å². The number of aryl methyl sites for hydroxylation is 2. The molecule has 4 heterocycles. The van der Waals surface area contributed by atoms with Gasteiger partial charge in [-0.25, -0.2) is 9.37 Å². The van der Waals surface area contributed by atoms with Gasteiger partial charge in [-0.15, -0.1) is 0 Å². The minimum atomic E-state index is -1.16. The van der Waals surface area contributed by atoms with Crippen LogP contribution >= 0.6 is 0 Å². The molecule has 158 valence electrons. The maximum atomic E-state index is 14.8. The molecule has 0 saturated carbocycles. The Morgan fingerprint density at radius 1 is 1.13 bits per heavy atom. The third-order valence-electron chi connectivity index (χ3n) is 6.48. The highest BCUT2D eigenvalue weighted by Crippen LogP contribution is 2.32. The molecule has 3 aromatic rings. The molecule has 0 atom stereocenters. The van der Waals surface area contributed by atoms with Crippen molar-refractivity contribution in [3.8, 4) is 0 Å². The Bertz CT molecular complexity index is 1050. The quantitative estimate of drug-likeness (QED) is 0.593. The van der Waals surface area contributed by atoms with E-state index in [0.717, 1.165) is 48.8 Å². The molecule has 3 aromatic heterocycles. The smallest absolute Gasteiger partial charge is 0.142 e. The molecule has 2 aliphatic rings. The van der Waals surface area contributed by atoms with Gasteiger partial charge in [0, 0.05) is 24.7 Å². The third kappa shape index (κ3) is 3.74. The molecule has 0 unspecified atom stereocenters. The van der Waals surface area contributed by atoms with Crippen molar-refractivity contribution >= 4 is 28.2 Å². The van der Waals surface area contributed by atoms with Gasteiger partial charge < -0.3 is 20.5 Å². The second-order valence-electron chi connectivity index (χ2n) is 8.60. The molecule has 3 N–H and O–H groups in total. The fourth-order valence-electron chi connectivity index (χ4n) is 4.75. The first-order chi connectivity index (χ1) is 14.6. The van der Waals surface area contributed by atoms with Crippen molar-refractivity contribution in [3.05, 3.63) is 41.9 Å². The van der Waals surface area contributed by atoms with Crippen LogP contribution in [0.1, 0.15) is 36.9 Å². The summed E-state index contributed by atoms with van der Waals surface area (Å²) < 4.78 is 17.1. The lowest BCUT2D eigenvalue weighted by molar-refractivity contribution is 0.131. The Morgan fingerprint density at radius 3 is 2.80 bits per heavy atom. The zero-order valence-electron chi connectivity index (χ0n) is 17.5. The Kier molecular flexibility index (Phi) is 5.06. The van der Waals surface area contributed by atoms with Gasteiger partial charge in [0.15, 0.2) is 0 Å². The maximum Gasteiger partial charge on any atom is 0.142 e. The number of fused-ring (bicyclic) bond motifs is 3. The molecular weight excluding hydrogens is 379 g/mol. The number of aromatic nitrogens is 3. The number of hydrogen-bond acceptors (Lipinski definition) is 5. The topological polar surface area (TPSA) is 66.8 Å². The summed E-state index contributed by atoms with van der Waals surface area (Å²) in [6.07, 6.45) is 9.37. The molecule has 0 bridgehead atoms. The Hall–Kier alpha value is -2.67. The number of piperidine rings is 1. The molecule has 0 radical (unpaired) electrons. The zero-order chi connectivity index (χ0) is 20.6. The van der Waals surface area contributed by atoms with Gasteiger partial charge in [0.05, 0.1) is 23.8 Å². The van der Waals surface area contributed by atoms with E-state index in [1.807, 2.05) is 12.1 Å². The molecule has 0 amide bonds. The molecule has 0 spiro atoms. The summed E-state index contributed by atoms with van der Waals surface area (Å²) >= 11 is 0. The van der Waals surface area contributed by atoms with Crippen LogP contribution in [-0.4, -0.2) is 39.8 Å². The van der Waals surface area contributed by atoms with E-state index in [2.05, 4.69) is 38.6 Å². The normalized spacial score (nSPS) is 18.2. The molecule has 1 saturated heterocycles. The van der Waals surface area contributed by atoms with E-state index >= 15 is 0 Å². The fraction of sp³-hybridized carbons (Fsp3) is 0.478. The summed E-state index contributed by atoms with van der Waals surface area (Å²) in [5, 5.41) is 11.1. The predicted molar refractivity (Wildman–Crippen MR) is 119 cm³/mol. The van der Waals surface area contributed by atoms with Crippen LogP contribution in [0.15, 0.2) is 30.6 Å². The average molecular weight is 409 g/mol. The van der Waals surface area contributed by atoms with Gasteiger partial charge in [-0.2, -0.15) is 0 Å². The minimum absolute atomic E-state index is 0.304. The van der Waals surface area contributed by atoms with Gasteiger partial charge in [-0.05, 0) is 75.4 Å². The van der Waals surface area contributed by atoms with E-state index in [1.165, 1.54) is 29.5 Å². The molecule has 7 heteroatoms. The van der Waals surface area contributed by atoms with Crippen molar-refractivity contribution in [3.63, 3.8) is 0 Å². The lowest BCUT2D eigenvalue weighted by Gasteiger charge is -2.30. The Balaban J connectivity index is 1.32. The Labute approximate surface area is 176 Å². The number of nitrogens with zero attached hydrogens (tertiary/aromatic N) is 3. The molecule has 5 rings (SSSR count). The van der Waals surface area contributed by atoms with Crippen LogP contribution in [0.3, 0.4) is 0 Å². The second kappa shape index (κ2) is 7.87.